The van der Waals surface area contributed by atoms with Gasteiger partial charge in [0.2, 0.25) is 3.79 Å². The standard InChI is InChI=1S/C3H3Cl3O.Na.H/c1-2(7)3(4,5)6;;/h1H3;;. The summed E-state index contributed by atoms with van der Waals surface area (Å²) in [5, 5.41) is 0. The molecule has 0 saturated carbocycles. The molecule has 0 unspecified atom stereocenters. The predicted molar refractivity (Wildman–Crippen MR) is 38.1 cm³/mol. The molecular weight excluding hydrogens is 181 g/mol. The molecular formula is C3H4Cl3NaO. The number of hydrogen-bond donors (Lipinski definition) is 0. The maximum atomic E-state index is 10.1. The van der Waals surface area contributed by atoms with Crippen LogP contribution in [0.3, 0.4) is 0 Å². The molecule has 5 heteroatoms. The Morgan fingerprint density at radius 1 is 1.38 bits per heavy atom. The fourth-order valence-electron chi connectivity index (χ4n) is 0. The van der Waals surface area contributed by atoms with E-state index in [1.165, 1.54) is 6.92 Å². The summed E-state index contributed by atoms with van der Waals surface area (Å²) in [7, 11) is 0. The van der Waals surface area contributed by atoms with Crippen LogP contribution in [0.2, 0.25) is 0 Å². The second-order valence-electron chi connectivity index (χ2n) is 1.05. The predicted octanol–water partition coefficient (Wildman–Crippen LogP) is 1.30. The van der Waals surface area contributed by atoms with Crippen LogP contribution in [0.15, 0.2) is 0 Å². The first-order valence-electron chi connectivity index (χ1n) is 1.52. The molecule has 0 N–H and O–H groups in total. The van der Waals surface area contributed by atoms with Gasteiger partial charge in [-0.15, -0.1) is 0 Å². The topological polar surface area (TPSA) is 17.1 Å². The normalized spacial score (nSPS) is 10.0. The van der Waals surface area contributed by atoms with E-state index in [0.717, 1.165) is 0 Å². The summed E-state index contributed by atoms with van der Waals surface area (Å²) in [5.41, 5.74) is 0. The van der Waals surface area contributed by atoms with E-state index >= 15 is 0 Å². The van der Waals surface area contributed by atoms with Gasteiger partial charge in [-0.3, -0.25) is 4.79 Å². The Bertz CT molecular complexity index is 87.0. The number of hydrogen-bond acceptors (Lipinski definition) is 1. The van der Waals surface area contributed by atoms with Crippen molar-refractivity contribution in [2.75, 3.05) is 0 Å². The molecule has 0 aromatic rings. The van der Waals surface area contributed by atoms with Crippen molar-refractivity contribution in [1.29, 1.82) is 0 Å². The molecule has 0 aliphatic heterocycles. The van der Waals surface area contributed by atoms with E-state index in [4.69, 9.17) is 34.8 Å². The molecule has 0 atom stereocenters. The zero-order chi connectivity index (χ0) is 6.08. The van der Waals surface area contributed by atoms with Crippen molar-refractivity contribution in [2.45, 2.75) is 10.7 Å². The van der Waals surface area contributed by atoms with Gasteiger partial charge in [0.05, 0.1) is 0 Å². The molecule has 44 valence electrons. The van der Waals surface area contributed by atoms with Gasteiger partial charge in [-0.25, -0.2) is 0 Å². The van der Waals surface area contributed by atoms with Crippen molar-refractivity contribution in [1.82, 2.24) is 0 Å². The van der Waals surface area contributed by atoms with Crippen molar-refractivity contribution in [3.63, 3.8) is 0 Å². The fourth-order valence-corrected chi connectivity index (χ4v) is 0. The molecule has 0 amide bonds. The summed E-state index contributed by atoms with van der Waals surface area (Å²) in [6.07, 6.45) is 0. The Morgan fingerprint density at radius 3 is 1.50 bits per heavy atom. The molecule has 0 aliphatic rings. The van der Waals surface area contributed by atoms with Crippen molar-refractivity contribution >= 4 is 70.1 Å². The third kappa shape index (κ3) is 5.67. The summed E-state index contributed by atoms with van der Waals surface area (Å²) in [5.74, 6) is -0.461. The molecule has 0 aromatic carbocycles. The molecule has 0 radical (unpaired) electrons. The summed E-state index contributed by atoms with van der Waals surface area (Å²) in [6.45, 7) is 1.22. The SMILES string of the molecule is CC(=O)C(Cl)(Cl)Cl.[NaH]. The van der Waals surface area contributed by atoms with E-state index in [9.17, 15) is 4.79 Å². The Morgan fingerprint density at radius 2 is 1.50 bits per heavy atom. The molecule has 0 spiro atoms. The second-order valence-corrected chi connectivity index (χ2v) is 3.34. The molecule has 0 rings (SSSR count). The third-order valence-electron chi connectivity index (χ3n) is 0.399. The van der Waals surface area contributed by atoms with Crippen LogP contribution in [0.4, 0.5) is 0 Å². The number of carbonyl (C=O) groups excluding carboxylic acids is 1. The zero-order valence-corrected chi connectivity index (χ0v) is 5.81. The number of carbonyl (C=O) groups is 1. The molecule has 0 saturated heterocycles. The van der Waals surface area contributed by atoms with Gasteiger partial charge in [0.25, 0.3) is 0 Å². The van der Waals surface area contributed by atoms with Gasteiger partial charge in [-0.05, 0) is 6.92 Å². The molecule has 0 heterocycles. The average Bonchev–Trinajstić information content (AvgIpc) is 1.31. The Kier molecular flexibility index (Phi) is 6.69. The third-order valence-corrected chi connectivity index (χ3v) is 1.20. The van der Waals surface area contributed by atoms with Gasteiger partial charge in [-0.1, -0.05) is 34.8 Å². The van der Waals surface area contributed by atoms with Crippen molar-refractivity contribution in [3.8, 4) is 0 Å². The van der Waals surface area contributed by atoms with Gasteiger partial charge in [0.1, 0.15) is 0 Å². The molecule has 0 bridgehead atoms. The van der Waals surface area contributed by atoms with E-state index in [1.54, 1.807) is 0 Å². The number of ketones is 1. The van der Waals surface area contributed by atoms with Crippen LogP contribution in [0, 0.1) is 0 Å². The van der Waals surface area contributed by atoms with Gasteiger partial charge in [0, 0.05) is 0 Å². The number of halogens is 3. The number of Topliss-reactive ketones (excluding diaryl/α,β-unsaturated/α-hetero) is 1. The summed E-state index contributed by atoms with van der Waals surface area (Å²) in [4.78, 5) is 10.1. The Labute approximate surface area is 85.0 Å². The first kappa shape index (κ1) is 12.2. The molecule has 8 heavy (non-hydrogen) atoms. The van der Waals surface area contributed by atoms with E-state index in [1.807, 2.05) is 0 Å². The summed E-state index contributed by atoms with van der Waals surface area (Å²) >= 11 is 15.1. The van der Waals surface area contributed by atoms with Gasteiger partial charge in [0.15, 0.2) is 5.78 Å². The van der Waals surface area contributed by atoms with Gasteiger partial charge >= 0.3 is 29.6 Å². The number of rotatable bonds is 0. The monoisotopic (exact) mass is 184 g/mol. The quantitative estimate of drug-likeness (QED) is 0.411. The average molecular weight is 185 g/mol. The fraction of sp³-hybridized carbons (Fsp3) is 0.667. The van der Waals surface area contributed by atoms with E-state index in [0.29, 0.717) is 0 Å². The van der Waals surface area contributed by atoms with E-state index in [-0.39, 0.29) is 29.6 Å². The maximum absolute atomic E-state index is 10.1. The molecule has 0 aromatic heterocycles. The van der Waals surface area contributed by atoms with Crippen molar-refractivity contribution < 1.29 is 4.79 Å². The minimum atomic E-state index is -1.72. The first-order valence-corrected chi connectivity index (χ1v) is 2.65. The Balaban J connectivity index is 0. The molecule has 0 aliphatic carbocycles. The summed E-state index contributed by atoms with van der Waals surface area (Å²) in [6, 6.07) is 0. The minimum absolute atomic E-state index is 0. The van der Waals surface area contributed by atoms with Crippen LogP contribution in [0.25, 0.3) is 0 Å². The number of alkyl halides is 3. The van der Waals surface area contributed by atoms with Gasteiger partial charge in [-0.2, -0.15) is 0 Å². The second kappa shape index (κ2) is 4.37. The van der Waals surface area contributed by atoms with E-state index < -0.39 is 9.58 Å². The van der Waals surface area contributed by atoms with Crippen molar-refractivity contribution in [3.05, 3.63) is 0 Å². The van der Waals surface area contributed by atoms with Crippen LogP contribution < -0.4 is 0 Å². The zero-order valence-electron chi connectivity index (χ0n) is 3.54. The van der Waals surface area contributed by atoms with Crippen LogP contribution in [0.5, 0.6) is 0 Å². The molecule has 0 fully saturated rings. The Hall–Kier alpha value is 1.54. The van der Waals surface area contributed by atoms with Crippen LogP contribution >= 0.6 is 34.8 Å². The van der Waals surface area contributed by atoms with Crippen LogP contribution in [0.1, 0.15) is 6.92 Å². The van der Waals surface area contributed by atoms with Crippen LogP contribution in [-0.2, 0) is 4.79 Å². The van der Waals surface area contributed by atoms with Crippen molar-refractivity contribution in [2.24, 2.45) is 0 Å². The first-order chi connectivity index (χ1) is 2.94. The van der Waals surface area contributed by atoms with Gasteiger partial charge < -0.3 is 0 Å². The van der Waals surface area contributed by atoms with Crippen LogP contribution in [-0.4, -0.2) is 39.1 Å². The van der Waals surface area contributed by atoms with E-state index in [2.05, 4.69) is 0 Å². The summed E-state index contributed by atoms with van der Waals surface area (Å²) < 4.78 is -1.72. The molecule has 1 nitrogen and oxygen atoms in total.